The lowest BCUT2D eigenvalue weighted by atomic mass is 9.52. The second-order valence-corrected chi connectivity index (χ2v) is 15.2. The first kappa shape index (κ1) is 23.6. The summed E-state index contributed by atoms with van der Waals surface area (Å²) < 4.78 is 19.7. The van der Waals surface area contributed by atoms with Crippen LogP contribution in [0.3, 0.4) is 0 Å². The highest BCUT2D eigenvalue weighted by Gasteiger charge is 2.74. The van der Waals surface area contributed by atoms with E-state index in [1.165, 1.54) is 25.7 Å². The third-order valence-corrected chi connectivity index (χ3v) is 13.1. The average Bonchev–Trinajstić information content (AvgIpc) is 3.34. The summed E-state index contributed by atoms with van der Waals surface area (Å²) in [5.41, 5.74) is 2.99. The average molecular weight is 487 g/mol. The van der Waals surface area contributed by atoms with Crippen molar-refractivity contribution < 1.29 is 24.4 Å². The number of fused-ring (bicyclic) bond motifs is 6. The maximum Gasteiger partial charge on any atom is 0.222 e. The monoisotopic (exact) mass is 486 g/mol. The van der Waals surface area contributed by atoms with Gasteiger partial charge in [0, 0.05) is 0 Å². The van der Waals surface area contributed by atoms with Crippen LogP contribution in [0.5, 0.6) is 0 Å². The number of hydrogen-bond donors (Lipinski definition) is 2. The molecule has 1 saturated carbocycles. The van der Waals surface area contributed by atoms with Gasteiger partial charge < -0.3 is 24.4 Å². The molecule has 0 aromatic carbocycles. The Bertz CT molecular complexity index is 1000. The van der Waals surface area contributed by atoms with Gasteiger partial charge in [0.15, 0.2) is 0 Å². The summed E-state index contributed by atoms with van der Waals surface area (Å²) in [7, 11) is 0. The number of ether oxygens (including phenoxy) is 3. The van der Waals surface area contributed by atoms with E-state index in [9.17, 15) is 10.2 Å². The highest BCUT2D eigenvalue weighted by molar-refractivity contribution is 5.37. The molecule has 11 atom stereocenters. The Hall–Kier alpha value is -0.460. The summed E-state index contributed by atoms with van der Waals surface area (Å²) in [5, 5.41) is 22.7. The Morgan fingerprint density at radius 1 is 0.914 bits per heavy atom. The number of aliphatic hydroxyl groups is 2. The molecule has 0 unspecified atom stereocenters. The number of hydrogen-bond acceptors (Lipinski definition) is 5. The smallest absolute Gasteiger partial charge is 0.222 e. The van der Waals surface area contributed by atoms with Crippen molar-refractivity contribution in [3.05, 3.63) is 11.1 Å². The van der Waals surface area contributed by atoms with Crippen molar-refractivity contribution >= 4 is 0 Å². The van der Waals surface area contributed by atoms with Crippen molar-refractivity contribution in [2.45, 2.75) is 141 Å². The second-order valence-electron chi connectivity index (χ2n) is 15.2. The molecule has 4 heterocycles. The van der Waals surface area contributed by atoms with Crippen LogP contribution in [0.4, 0.5) is 0 Å². The summed E-state index contributed by atoms with van der Waals surface area (Å²) in [4.78, 5) is 0. The number of allylic oxidation sites excluding steroid dienone is 1. The molecule has 0 amide bonds. The van der Waals surface area contributed by atoms with E-state index in [0.29, 0.717) is 17.9 Å². The highest BCUT2D eigenvalue weighted by Crippen LogP contribution is 2.73. The van der Waals surface area contributed by atoms with Crippen molar-refractivity contribution in [2.75, 3.05) is 0 Å². The predicted octanol–water partition coefficient (Wildman–Crippen LogP) is 5.13. The summed E-state index contributed by atoms with van der Waals surface area (Å²) in [6.45, 7) is 15.9. The van der Waals surface area contributed by atoms with Gasteiger partial charge in [-0.1, -0.05) is 45.8 Å². The molecule has 4 aliphatic heterocycles. The molecule has 3 aliphatic carbocycles. The zero-order valence-electron chi connectivity index (χ0n) is 22.8. The van der Waals surface area contributed by atoms with Crippen molar-refractivity contribution in [3.63, 3.8) is 0 Å². The fraction of sp³-hybridized carbons (Fsp3) is 0.933. The fourth-order valence-corrected chi connectivity index (χ4v) is 11.3. The Morgan fingerprint density at radius 2 is 1.66 bits per heavy atom. The van der Waals surface area contributed by atoms with E-state index < -0.39 is 23.6 Å². The van der Waals surface area contributed by atoms with Gasteiger partial charge >= 0.3 is 0 Å². The maximum atomic E-state index is 11.6. The van der Waals surface area contributed by atoms with Crippen molar-refractivity contribution in [2.24, 2.45) is 34.0 Å². The zero-order chi connectivity index (χ0) is 25.0. The van der Waals surface area contributed by atoms with Crippen molar-refractivity contribution in [1.29, 1.82) is 0 Å². The molecule has 2 bridgehead atoms. The van der Waals surface area contributed by atoms with Crippen LogP contribution in [-0.2, 0) is 14.2 Å². The standard InChI is InChI=1S/C30H46O5/c1-16-22-19(33-30(32)23(16)35-26(4,5)24(30)31)15-28(7)18-8-9-20-25(2,3)21-11-13-29(20,34-21)14-17(18)10-12-27(22,28)6/h16,19-24,31-32H,8-15H2,1-7H3/t16-,19-,20-,21-,22-,23+,24+,27+,28+,29-,30-/m0/s1. The summed E-state index contributed by atoms with van der Waals surface area (Å²) in [6, 6.07) is 0. The third-order valence-electron chi connectivity index (χ3n) is 13.1. The predicted molar refractivity (Wildman–Crippen MR) is 132 cm³/mol. The minimum absolute atomic E-state index is 0.0388. The first-order valence-electron chi connectivity index (χ1n) is 14.3. The van der Waals surface area contributed by atoms with Crippen molar-refractivity contribution in [3.8, 4) is 0 Å². The Kier molecular flexibility index (Phi) is 4.44. The van der Waals surface area contributed by atoms with Gasteiger partial charge in [-0.3, -0.25) is 0 Å². The van der Waals surface area contributed by atoms with Crippen LogP contribution in [0.15, 0.2) is 11.1 Å². The van der Waals surface area contributed by atoms with E-state index in [0.717, 1.165) is 25.7 Å². The molecule has 5 nitrogen and oxygen atoms in total. The molecular weight excluding hydrogens is 440 g/mol. The van der Waals surface area contributed by atoms with Gasteiger partial charge in [0.05, 0.1) is 23.4 Å². The van der Waals surface area contributed by atoms with Crippen LogP contribution in [0.2, 0.25) is 0 Å². The molecule has 196 valence electrons. The molecule has 2 N–H and O–H groups in total. The molecule has 35 heavy (non-hydrogen) atoms. The lowest BCUT2D eigenvalue weighted by Gasteiger charge is -2.54. The molecule has 1 spiro atoms. The molecular formula is C30H46O5. The van der Waals surface area contributed by atoms with Crippen LogP contribution < -0.4 is 0 Å². The molecule has 4 saturated heterocycles. The molecule has 7 aliphatic rings. The number of rotatable bonds is 0. The quantitative estimate of drug-likeness (QED) is 0.465. The van der Waals surface area contributed by atoms with Crippen LogP contribution >= 0.6 is 0 Å². The lowest BCUT2D eigenvalue weighted by Crippen LogP contribution is -2.62. The van der Waals surface area contributed by atoms with Gasteiger partial charge in [-0.05, 0) is 99.2 Å². The molecule has 5 fully saturated rings. The van der Waals surface area contributed by atoms with Crippen LogP contribution in [0, 0.1) is 34.0 Å². The molecule has 0 aromatic heterocycles. The number of aliphatic hydroxyl groups excluding tert-OH is 1. The van der Waals surface area contributed by atoms with Gasteiger partial charge in [0.25, 0.3) is 0 Å². The minimum atomic E-state index is -1.63. The van der Waals surface area contributed by atoms with Gasteiger partial charge in [-0.25, -0.2) is 0 Å². The zero-order valence-corrected chi connectivity index (χ0v) is 22.8. The topological polar surface area (TPSA) is 68.2 Å². The van der Waals surface area contributed by atoms with Gasteiger partial charge in [0.2, 0.25) is 5.79 Å². The van der Waals surface area contributed by atoms with E-state index in [2.05, 4.69) is 34.6 Å². The molecule has 0 radical (unpaired) electrons. The van der Waals surface area contributed by atoms with Crippen LogP contribution in [0.1, 0.15) is 99.8 Å². The summed E-state index contributed by atoms with van der Waals surface area (Å²) in [6.07, 6.45) is 8.00. The SMILES string of the molecule is C[C@H]1[C@H]2[C@H](C[C@]3(C)C4=C(CC[C@]23C)C[C@]23CC[C@H](O2)C(C)(C)[C@@H]3CC4)O[C@@]2(O)[C@@H]1OC(C)(C)[C@H]2O. The van der Waals surface area contributed by atoms with Crippen LogP contribution in [-0.4, -0.2) is 51.6 Å². The lowest BCUT2D eigenvalue weighted by molar-refractivity contribution is -0.326. The first-order chi connectivity index (χ1) is 16.2. The van der Waals surface area contributed by atoms with Gasteiger partial charge in [-0.2, -0.15) is 0 Å². The minimum Gasteiger partial charge on any atom is -0.384 e. The summed E-state index contributed by atoms with van der Waals surface area (Å²) >= 11 is 0. The van der Waals surface area contributed by atoms with E-state index in [1.807, 2.05) is 13.8 Å². The molecule has 5 heteroatoms. The Morgan fingerprint density at radius 3 is 2.40 bits per heavy atom. The van der Waals surface area contributed by atoms with Gasteiger partial charge in [0.1, 0.15) is 12.2 Å². The van der Waals surface area contributed by atoms with Gasteiger partial charge in [-0.15, -0.1) is 0 Å². The van der Waals surface area contributed by atoms with E-state index in [1.54, 1.807) is 11.1 Å². The van der Waals surface area contributed by atoms with E-state index in [-0.39, 0.29) is 33.9 Å². The van der Waals surface area contributed by atoms with E-state index >= 15 is 0 Å². The third kappa shape index (κ3) is 2.54. The fourth-order valence-electron chi connectivity index (χ4n) is 11.3. The molecule has 0 aromatic rings. The second kappa shape index (κ2) is 6.57. The van der Waals surface area contributed by atoms with Crippen LogP contribution in [0.25, 0.3) is 0 Å². The molecule has 7 rings (SSSR count). The van der Waals surface area contributed by atoms with E-state index in [4.69, 9.17) is 14.2 Å². The summed E-state index contributed by atoms with van der Waals surface area (Å²) in [5.74, 6) is -0.570. The Balaban J connectivity index is 1.27. The highest BCUT2D eigenvalue weighted by atomic mass is 16.7. The maximum absolute atomic E-state index is 11.6. The van der Waals surface area contributed by atoms with Crippen molar-refractivity contribution in [1.82, 2.24) is 0 Å². The normalized spacial score (nSPS) is 59.4. The Labute approximate surface area is 211 Å². The largest absolute Gasteiger partial charge is 0.384 e. The first-order valence-corrected chi connectivity index (χ1v) is 14.3.